The Kier molecular flexibility index (Phi) is 10.3. The van der Waals surface area contributed by atoms with Gasteiger partial charge in [0.15, 0.2) is 0 Å². The Balaban J connectivity index is 0.00000147. The molecule has 1 atom stereocenters. The van der Waals surface area contributed by atoms with Crippen molar-refractivity contribution in [2.75, 3.05) is 36.8 Å². The summed E-state index contributed by atoms with van der Waals surface area (Å²) in [6, 6.07) is 12.3. The van der Waals surface area contributed by atoms with Gasteiger partial charge in [0.25, 0.3) is 16.5 Å². The van der Waals surface area contributed by atoms with Gasteiger partial charge in [-0.25, -0.2) is 18.4 Å². The number of aryl methyl sites for hydroxylation is 2. The fourth-order valence-electron chi connectivity index (χ4n) is 5.08. The molecule has 2 heterocycles. The third-order valence-corrected chi connectivity index (χ3v) is 8.79. The number of hydrogen-bond donors (Lipinski definition) is 2. The van der Waals surface area contributed by atoms with Gasteiger partial charge in [0, 0.05) is 30.5 Å². The summed E-state index contributed by atoms with van der Waals surface area (Å²) in [7, 11) is 0.190. The van der Waals surface area contributed by atoms with Crippen LogP contribution in [0.15, 0.2) is 66.0 Å². The number of alkyl halides is 3. The summed E-state index contributed by atoms with van der Waals surface area (Å²) in [6.45, 7) is 3.00. The second kappa shape index (κ2) is 13.3. The molecule has 9 nitrogen and oxygen atoms in total. The van der Waals surface area contributed by atoms with Crippen LogP contribution in [-0.4, -0.2) is 67.6 Å². The van der Waals surface area contributed by atoms with Crippen LogP contribution in [-0.2, 0) is 27.4 Å². The van der Waals surface area contributed by atoms with Gasteiger partial charge in [-0.15, -0.1) is 0 Å². The molecule has 0 saturated carbocycles. The molecule has 1 aliphatic rings. The number of carbonyl (C=O) groups is 1. The number of nitrogens with zero attached hydrogens (tertiary/aromatic N) is 4. The lowest BCUT2D eigenvalue weighted by atomic mass is 9.82. The third-order valence-electron chi connectivity index (χ3n) is 7.27. The average Bonchev–Trinajstić information content (AvgIpc) is 2.92. The zero-order valence-electron chi connectivity index (χ0n) is 23.1. The summed E-state index contributed by atoms with van der Waals surface area (Å²) in [5, 5.41) is 6.89. The Morgan fingerprint density at radius 3 is 2.51 bits per heavy atom. The summed E-state index contributed by atoms with van der Waals surface area (Å²) >= 11 is 0. The Hall–Kier alpha value is -3.71. The molecule has 1 fully saturated rings. The number of piperidine rings is 1. The highest BCUT2D eigenvalue weighted by Crippen LogP contribution is 2.35. The molecule has 2 aromatic carbocycles. The first-order valence-corrected chi connectivity index (χ1v) is 14.4. The molecule has 13 heteroatoms. The molecule has 222 valence electrons. The van der Waals surface area contributed by atoms with Crippen molar-refractivity contribution < 1.29 is 31.5 Å². The van der Waals surface area contributed by atoms with E-state index in [0.717, 1.165) is 31.1 Å². The van der Waals surface area contributed by atoms with E-state index in [2.05, 4.69) is 24.5 Å². The van der Waals surface area contributed by atoms with Gasteiger partial charge in [0.1, 0.15) is 12.1 Å². The van der Waals surface area contributed by atoms with Gasteiger partial charge in [-0.3, -0.25) is 9.52 Å². The van der Waals surface area contributed by atoms with Crippen molar-refractivity contribution in [2.24, 2.45) is 0 Å². The third kappa shape index (κ3) is 8.17. The van der Waals surface area contributed by atoms with E-state index in [1.54, 1.807) is 25.1 Å². The van der Waals surface area contributed by atoms with Crippen molar-refractivity contribution in [3.63, 3.8) is 0 Å². The summed E-state index contributed by atoms with van der Waals surface area (Å²) < 4.78 is 67.9. The van der Waals surface area contributed by atoms with Crippen molar-refractivity contribution in [1.82, 2.24) is 14.9 Å². The largest absolute Gasteiger partial charge is 0.483 e. The molecule has 2 N–H and O–H groups in total. The topological polar surface area (TPSA) is 116 Å². The lowest BCUT2D eigenvalue weighted by Gasteiger charge is -2.48. The monoisotopic (exact) mass is 593 g/mol. The summed E-state index contributed by atoms with van der Waals surface area (Å²) in [6.07, 6.45) is 1.43. The average molecular weight is 594 g/mol. The van der Waals surface area contributed by atoms with Crippen LogP contribution in [0.4, 0.5) is 24.7 Å². The van der Waals surface area contributed by atoms with Crippen molar-refractivity contribution in [2.45, 2.75) is 49.2 Å². The van der Waals surface area contributed by atoms with Gasteiger partial charge in [0.05, 0.1) is 10.5 Å². The standard InChI is InChI=1S/C27H32F3N5O2S.CH2O2/c1-20-16-23(8-9-24(20)38(36,37)33-25-11-14-31-19-32-25)35-15-5-12-26(18-35,34(2)3)13-10-21-6-4-7-22(17-21)27(28,29)30;2-1-3/h4,6-9,11,14,16-17,19H,5,10,12-13,15,18H2,1-3H3,(H,31,32,33);1H,(H,2,3)/t26-;/m0./s1. The maximum atomic E-state index is 13.2. The molecule has 0 spiro atoms. The fourth-order valence-corrected chi connectivity index (χ4v) is 6.32. The smallest absolute Gasteiger partial charge is 0.416 e. The number of hydrogen-bond acceptors (Lipinski definition) is 7. The molecule has 1 aliphatic heterocycles. The van der Waals surface area contributed by atoms with E-state index in [1.165, 1.54) is 30.7 Å². The molecule has 0 aliphatic carbocycles. The quantitative estimate of drug-likeness (QED) is 0.357. The first kappa shape index (κ1) is 31.8. The number of likely N-dealkylation sites (N-methyl/N-ethyl adjacent to an activating group) is 1. The normalized spacial score (nSPS) is 17.5. The second-order valence-corrected chi connectivity index (χ2v) is 11.7. The molecule has 3 aromatic rings. The predicted octanol–water partition coefficient (Wildman–Crippen LogP) is 4.84. The summed E-state index contributed by atoms with van der Waals surface area (Å²) in [5.74, 6) is 0.191. The lowest BCUT2D eigenvalue weighted by Crippen LogP contribution is -2.56. The number of sulfonamides is 1. The van der Waals surface area contributed by atoms with E-state index in [0.29, 0.717) is 30.5 Å². The van der Waals surface area contributed by atoms with Gasteiger partial charge in [-0.1, -0.05) is 18.2 Å². The molecule has 0 amide bonds. The van der Waals surface area contributed by atoms with Crippen LogP contribution in [0.5, 0.6) is 0 Å². The summed E-state index contributed by atoms with van der Waals surface area (Å²) in [5.41, 5.74) is 1.32. The minimum absolute atomic E-state index is 0.167. The molecule has 0 radical (unpaired) electrons. The highest BCUT2D eigenvalue weighted by atomic mass is 32.2. The van der Waals surface area contributed by atoms with Crippen LogP contribution in [0, 0.1) is 6.92 Å². The number of benzene rings is 2. The Morgan fingerprint density at radius 1 is 1.17 bits per heavy atom. The van der Waals surface area contributed by atoms with Crippen LogP contribution in [0.2, 0.25) is 0 Å². The highest BCUT2D eigenvalue weighted by Gasteiger charge is 2.38. The van der Waals surface area contributed by atoms with E-state index < -0.39 is 21.8 Å². The first-order valence-electron chi connectivity index (χ1n) is 12.9. The SMILES string of the molecule is Cc1cc(N2CCC[C@@](CCc3cccc(C(F)(F)F)c3)(N(C)C)C2)ccc1S(=O)(=O)Nc1ccncn1.O=CO. The zero-order chi connectivity index (χ0) is 30.3. The number of halogens is 3. The van der Waals surface area contributed by atoms with Gasteiger partial charge < -0.3 is 14.9 Å². The molecule has 0 unspecified atom stereocenters. The van der Waals surface area contributed by atoms with E-state index in [-0.39, 0.29) is 22.7 Å². The minimum Gasteiger partial charge on any atom is -0.483 e. The van der Waals surface area contributed by atoms with Crippen LogP contribution in [0.25, 0.3) is 0 Å². The number of carboxylic acid groups (broad SMARTS) is 1. The summed E-state index contributed by atoms with van der Waals surface area (Å²) in [4.78, 5) is 20.7. The second-order valence-electron chi connectivity index (χ2n) is 10.1. The molecule has 1 saturated heterocycles. The first-order chi connectivity index (χ1) is 19.3. The van der Waals surface area contributed by atoms with Crippen LogP contribution >= 0.6 is 0 Å². The van der Waals surface area contributed by atoms with Crippen molar-refractivity contribution in [1.29, 1.82) is 0 Å². The predicted molar refractivity (Wildman–Crippen MR) is 150 cm³/mol. The molecule has 4 rings (SSSR count). The van der Waals surface area contributed by atoms with Gasteiger partial charge in [-0.2, -0.15) is 13.2 Å². The maximum Gasteiger partial charge on any atom is 0.416 e. The van der Waals surface area contributed by atoms with E-state index in [4.69, 9.17) is 9.90 Å². The Bertz CT molecular complexity index is 1420. The van der Waals surface area contributed by atoms with E-state index in [9.17, 15) is 21.6 Å². The van der Waals surface area contributed by atoms with Crippen LogP contribution < -0.4 is 9.62 Å². The number of anilines is 2. The maximum absolute atomic E-state index is 13.2. The zero-order valence-corrected chi connectivity index (χ0v) is 23.9. The van der Waals surface area contributed by atoms with E-state index >= 15 is 0 Å². The number of nitrogens with one attached hydrogen (secondary N) is 1. The van der Waals surface area contributed by atoms with Crippen LogP contribution in [0.3, 0.4) is 0 Å². The molecule has 0 bridgehead atoms. The highest BCUT2D eigenvalue weighted by molar-refractivity contribution is 7.92. The van der Waals surface area contributed by atoms with Crippen molar-refractivity contribution in [3.05, 3.63) is 77.7 Å². The Morgan fingerprint density at radius 2 is 1.90 bits per heavy atom. The Labute approximate surface area is 238 Å². The molecule has 41 heavy (non-hydrogen) atoms. The molecule has 1 aromatic heterocycles. The number of rotatable bonds is 8. The molecular weight excluding hydrogens is 559 g/mol. The van der Waals surface area contributed by atoms with Gasteiger partial charge in [-0.05, 0) is 88.2 Å². The van der Waals surface area contributed by atoms with Crippen molar-refractivity contribution >= 4 is 28.0 Å². The fraction of sp³-hybridized carbons (Fsp3) is 0.393. The lowest BCUT2D eigenvalue weighted by molar-refractivity contribution is -0.137. The van der Waals surface area contributed by atoms with E-state index in [1.807, 2.05) is 20.2 Å². The minimum atomic E-state index is -4.36. The van der Waals surface area contributed by atoms with Crippen molar-refractivity contribution in [3.8, 4) is 0 Å². The number of aromatic nitrogens is 2. The van der Waals surface area contributed by atoms with Crippen LogP contribution in [0.1, 0.15) is 36.0 Å². The van der Waals surface area contributed by atoms with Gasteiger partial charge >= 0.3 is 6.18 Å². The van der Waals surface area contributed by atoms with Gasteiger partial charge in [0.2, 0.25) is 0 Å². The molecular formula is C28H34F3N5O4S.